The zero-order valence-corrected chi connectivity index (χ0v) is 22.6. The van der Waals surface area contributed by atoms with Crippen LogP contribution in [0.3, 0.4) is 0 Å². The average Bonchev–Trinajstić information content (AvgIpc) is 3.33. The van der Waals surface area contributed by atoms with Crippen molar-refractivity contribution in [3.05, 3.63) is 72.3 Å². The van der Waals surface area contributed by atoms with Gasteiger partial charge in [0.2, 0.25) is 22.7 Å². The summed E-state index contributed by atoms with van der Waals surface area (Å²) in [5, 5.41) is 2.60. The van der Waals surface area contributed by atoms with Gasteiger partial charge in [0.15, 0.2) is 11.5 Å². The summed E-state index contributed by atoms with van der Waals surface area (Å²) in [5.74, 6) is 0.484. The average molecular weight is 600 g/mol. The molecular formula is C25H24F3N3O7S2. The normalized spacial score (nSPS) is 13.1. The van der Waals surface area contributed by atoms with Crippen LogP contribution in [0.4, 0.5) is 30.2 Å². The van der Waals surface area contributed by atoms with E-state index in [0.29, 0.717) is 23.3 Å². The Morgan fingerprint density at radius 2 is 1.62 bits per heavy atom. The van der Waals surface area contributed by atoms with Gasteiger partial charge in [0.05, 0.1) is 22.4 Å². The SMILES string of the molecule is CS(=O)(=O)N(CCCC(=O)Nc1ccc(S(=O)(=O)Nc2cccc(C(F)(F)F)c2)cc1)c1ccc2c(c1)OCO2. The summed E-state index contributed by atoms with van der Waals surface area (Å²) in [4.78, 5) is 12.2. The van der Waals surface area contributed by atoms with E-state index in [2.05, 4.69) is 10.0 Å². The molecule has 1 heterocycles. The van der Waals surface area contributed by atoms with Crippen molar-refractivity contribution < 1.29 is 44.3 Å². The molecule has 1 amide bonds. The van der Waals surface area contributed by atoms with Crippen LogP contribution >= 0.6 is 0 Å². The number of nitrogens with zero attached hydrogens (tertiary/aromatic N) is 1. The van der Waals surface area contributed by atoms with Crippen LogP contribution in [0.2, 0.25) is 0 Å². The molecule has 0 bridgehead atoms. The molecule has 0 fully saturated rings. The molecule has 15 heteroatoms. The zero-order chi connectivity index (χ0) is 29.1. The predicted molar refractivity (Wildman–Crippen MR) is 141 cm³/mol. The largest absolute Gasteiger partial charge is 0.454 e. The second kappa shape index (κ2) is 11.3. The molecule has 0 atom stereocenters. The highest BCUT2D eigenvalue weighted by molar-refractivity contribution is 7.92. The van der Waals surface area contributed by atoms with Gasteiger partial charge in [0.25, 0.3) is 10.0 Å². The molecule has 0 spiro atoms. The zero-order valence-electron chi connectivity index (χ0n) is 20.9. The fraction of sp³-hybridized carbons (Fsp3) is 0.240. The highest BCUT2D eigenvalue weighted by Crippen LogP contribution is 2.36. The Labute approximate surface area is 228 Å². The Morgan fingerprint density at radius 1 is 0.925 bits per heavy atom. The van der Waals surface area contributed by atoms with Gasteiger partial charge in [0.1, 0.15) is 0 Å². The first-order chi connectivity index (χ1) is 18.7. The molecule has 0 radical (unpaired) electrons. The van der Waals surface area contributed by atoms with Crippen molar-refractivity contribution in [2.24, 2.45) is 0 Å². The number of rotatable bonds is 10. The lowest BCUT2D eigenvalue weighted by atomic mass is 10.2. The molecule has 2 N–H and O–H groups in total. The molecule has 4 rings (SSSR count). The van der Waals surface area contributed by atoms with Crippen LogP contribution in [0.5, 0.6) is 11.5 Å². The van der Waals surface area contributed by atoms with E-state index >= 15 is 0 Å². The molecule has 3 aromatic rings. The van der Waals surface area contributed by atoms with Gasteiger partial charge in [-0.15, -0.1) is 0 Å². The van der Waals surface area contributed by atoms with Crippen molar-refractivity contribution in [2.45, 2.75) is 23.9 Å². The van der Waals surface area contributed by atoms with E-state index in [1.54, 1.807) is 18.2 Å². The van der Waals surface area contributed by atoms with E-state index in [4.69, 9.17) is 9.47 Å². The fourth-order valence-corrected chi connectivity index (χ4v) is 5.83. The third-order valence-corrected chi connectivity index (χ3v) is 8.29. The standard InChI is InChI=1S/C25H24F3N3O7S2/c1-39(33,34)31(20-9-12-22-23(15-20)38-16-37-22)13-3-6-24(32)29-18-7-10-21(11-8-18)40(35,36)30-19-5-2-4-17(14-19)25(26,27)28/h2,4-5,7-12,14-15,30H,3,6,13,16H2,1H3,(H,29,32). The number of fused-ring (bicyclic) bond motifs is 1. The summed E-state index contributed by atoms with van der Waals surface area (Å²) in [5.41, 5.74) is -0.612. The maximum absolute atomic E-state index is 12.9. The number of ether oxygens (including phenoxy) is 2. The Bertz CT molecular complexity index is 1610. The summed E-state index contributed by atoms with van der Waals surface area (Å²) in [7, 11) is -7.85. The van der Waals surface area contributed by atoms with Gasteiger partial charge in [-0.25, -0.2) is 16.8 Å². The smallest absolute Gasteiger partial charge is 0.416 e. The molecule has 214 valence electrons. The minimum absolute atomic E-state index is 0.0181. The molecule has 40 heavy (non-hydrogen) atoms. The number of halogens is 3. The topological polar surface area (TPSA) is 131 Å². The Morgan fingerprint density at radius 3 is 2.30 bits per heavy atom. The van der Waals surface area contributed by atoms with Crippen molar-refractivity contribution >= 4 is 43.0 Å². The lowest BCUT2D eigenvalue weighted by Gasteiger charge is -2.22. The van der Waals surface area contributed by atoms with Gasteiger partial charge in [0, 0.05) is 30.4 Å². The Hall–Kier alpha value is -3.98. The monoisotopic (exact) mass is 599 g/mol. The molecule has 3 aromatic carbocycles. The Kier molecular flexibility index (Phi) is 8.16. The third-order valence-electron chi connectivity index (χ3n) is 5.70. The van der Waals surface area contributed by atoms with E-state index in [9.17, 15) is 34.8 Å². The van der Waals surface area contributed by atoms with Crippen LogP contribution in [0.25, 0.3) is 0 Å². The number of alkyl halides is 3. The maximum atomic E-state index is 12.9. The number of sulfonamides is 2. The first kappa shape index (κ1) is 29.0. The molecule has 10 nitrogen and oxygen atoms in total. The number of hydrogen-bond acceptors (Lipinski definition) is 7. The molecule has 0 aliphatic carbocycles. The van der Waals surface area contributed by atoms with Gasteiger partial charge >= 0.3 is 6.18 Å². The summed E-state index contributed by atoms with van der Waals surface area (Å²) >= 11 is 0. The Balaban J connectivity index is 1.34. The third kappa shape index (κ3) is 7.15. The van der Waals surface area contributed by atoms with Crippen molar-refractivity contribution in [3.8, 4) is 11.5 Å². The number of amides is 1. The van der Waals surface area contributed by atoms with Crippen LogP contribution in [0.15, 0.2) is 71.6 Å². The number of benzene rings is 3. The van der Waals surface area contributed by atoms with Gasteiger partial charge in [-0.05, 0) is 61.0 Å². The van der Waals surface area contributed by atoms with Crippen molar-refractivity contribution in [1.29, 1.82) is 0 Å². The lowest BCUT2D eigenvalue weighted by Crippen LogP contribution is -2.31. The van der Waals surface area contributed by atoms with Crippen LogP contribution in [0.1, 0.15) is 18.4 Å². The number of anilines is 3. The van der Waals surface area contributed by atoms with Crippen molar-refractivity contribution in [3.63, 3.8) is 0 Å². The second-order valence-electron chi connectivity index (χ2n) is 8.73. The molecular weight excluding hydrogens is 575 g/mol. The maximum Gasteiger partial charge on any atom is 0.416 e. The minimum Gasteiger partial charge on any atom is -0.454 e. The van der Waals surface area contributed by atoms with Gasteiger partial charge in [-0.2, -0.15) is 13.2 Å². The summed E-state index contributed by atoms with van der Waals surface area (Å²) < 4.78 is 102. The molecule has 0 aromatic heterocycles. The number of hydrogen-bond donors (Lipinski definition) is 2. The van der Waals surface area contributed by atoms with Gasteiger partial charge < -0.3 is 14.8 Å². The predicted octanol–water partition coefficient (Wildman–Crippen LogP) is 4.42. The second-order valence-corrected chi connectivity index (χ2v) is 12.3. The van der Waals surface area contributed by atoms with E-state index in [1.807, 2.05) is 0 Å². The quantitative estimate of drug-likeness (QED) is 0.353. The number of carbonyl (C=O) groups is 1. The molecule has 0 saturated heterocycles. The molecule has 1 aliphatic heterocycles. The summed E-state index contributed by atoms with van der Waals surface area (Å²) in [6.45, 7) is 0.0569. The minimum atomic E-state index is -4.63. The molecule has 0 saturated carbocycles. The fourth-order valence-electron chi connectivity index (χ4n) is 3.82. The highest BCUT2D eigenvalue weighted by atomic mass is 32.2. The van der Waals surface area contributed by atoms with E-state index in [1.165, 1.54) is 30.3 Å². The van der Waals surface area contributed by atoms with Crippen LogP contribution in [-0.2, 0) is 31.0 Å². The summed E-state index contributed by atoms with van der Waals surface area (Å²) in [6.07, 6.45) is -3.43. The van der Waals surface area contributed by atoms with E-state index < -0.39 is 37.7 Å². The van der Waals surface area contributed by atoms with Gasteiger partial charge in [-0.1, -0.05) is 6.07 Å². The summed E-state index contributed by atoms with van der Waals surface area (Å²) in [6, 6.07) is 13.5. The first-order valence-electron chi connectivity index (χ1n) is 11.7. The van der Waals surface area contributed by atoms with Crippen LogP contribution < -0.4 is 23.8 Å². The molecule has 1 aliphatic rings. The first-order valence-corrected chi connectivity index (χ1v) is 15.0. The van der Waals surface area contributed by atoms with Crippen molar-refractivity contribution in [2.75, 3.05) is 33.9 Å². The number of nitrogens with one attached hydrogen (secondary N) is 2. The van der Waals surface area contributed by atoms with Crippen molar-refractivity contribution in [1.82, 2.24) is 0 Å². The van der Waals surface area contributed by atoms with Gasteiger partial charge in [-0.3, -0.25) is 13.8 Å². The van der Waals surface area contributed by atoms with E-state index in [-0.39, 0.29) is 42.4 Å². The number of carbonyl (C=O) groups excluding carboxylic acids is 1. The van der Waals surface area contributed by atoms with E-state index in [0.717, 1.165) is 22.7 Å². The lowest BCUT2D eigenvalue weighted by molar-refractivity contribution is -0.137. The molecule has 0 unspecified atom stereocenters. The highest BCUT2D eigenvalue weighted by Gasteiger charge is 2.31. The van der Waals surface area contributed by atoms with Crippen LogP contribution in [0, 0.1) is 0 Å². The van der Waals surface area contributed by atoms with Crippen LogP contribution in [-0.4, -0.2) is 42.3 Å².